The van der Waals surface area contributed by atoms with Gasteiger partial charge in [0.1, 0.15) is 29.6 Å². The summed E-state index contributed by atoms with van der Waals surface area (Å²) in [6.45, 7) is 0.135. The zero-order valence-electron chi connectivity index (χ0n) is 24.5. The maximum atomic E-state index is 13.6. The van der Waals surface area contributed by atoms with Crippen LogP contribution in [0.25, 0.3) is 0 Å². The van der Waals surface area contributed by atoms with Crippen molar-refractivity contribution in [1.29, 1.82) is 0 Å². The Bertz CT molecular complexity index is 1350. The Balaban J connectivity index is 2.31. The third kappa shape index (κ3) is 13.2. The number of amides is 4. The lowest BCUT2D eigenvalue weighted by Gasteiger charge is -2.25. The van der Waals surface area contributed by atoms with E-state index in [1.54, 1.807) is 0 Å². The second-order valence-electron chi connectivity index (χ2n) is 10.3. The number of nitrogens with zero attached hydrogens (tertiary/aromatic N) is 1. The second kappa shape index (κ2) is 17.7. The monoisotopic (exact) mass is 628 g/mol. The van der Waals surface area contributed by atoms with E-state index >= 15 is 0 Å². The molecule has 0 fully saturated rings. The Morgan fingerprint density at radius 2 is 1.13 bits per heavy atom. The summed E-state index contributed by atoms with van der Waals surface area (Å²) in [4.78, 5) is 66.7. The number of phenols is 2. The molecule has 4 unspecified atom stereocenters. The Labute approximate surface area is 259 Å². The minimum absolute atomic E-state index is 0.0134. The van der Waals surface area contributed by atoms with Crippen molar-refractivity contribution < 1.29 is 39.3 Å². The summed E-state index contributed by atoms with van der Waals surface area (Å²) in [5, 5.41) is 36.6. The molecule has 0 aliphatic heterocycles. The van der Waals surface area contributed by atoms with Gasteiger partial charge in [-0.25, -0.2) is 4.79 Å². The van der Waals surface area contributed by atoms with E-state index in [0.717, 1.165) is 0 Å². The molecule has 0 bridgehead atoms. The van der Waals surface area contributed by atoms with Crippen LogP contribution in [0.1, 0.15) is 36.8 Å². The van der Waals surface area contributed by atoms with Gasteiger partial charge < -0.3 is 54.2 Å². The molecule has 4 atom stereocenters. The first-order chi connectivity index (χ1) is 21.2. The molecule has 0 saturated carbocycles. The molecule has 0 saturated heterocycles. The minimum atomic E-state index is -1.33. The lowest BCUT2D eigenvalue weighted by atomic mass is 10.0. The molecule has 0 aliphatic rings. The number of nitrogens with one attached hydrogen (secondary N) is 3. The number of phenolic OH excluding ortho intramolecular Hbond substituents is 2. The quantitative estimate of drug-likeness (QED) is 0.0492. The van der Waals surface area contributed by atoms with Crippen LogP contribution in [-0.4, -0.2) is 81.6 Å². The molecule has 0 heterocycles. The number of benzene rings is 2. The number of carbonyl (C=O) groups is 5. The van der Waals surface area contributed by atoms with Crippen LogP contribution < -0.4 is 38.9 Å². The third-order valence-corrected chi connectivity index (χ3v) is 6.62. The summed E-state index contributed by atoms with van der Waals surface area (Å²) in [7, 11) is 0. The number of aromatic hydroxyl groups is 2. The number of carbonyl (C=O) groups excluding carboxylic acids is 4. The van der Waals surface area contributed by atoms with E-state index in [4.69, 9.17) is 22.9 Å². The van der Waals surface area contributed by atoms with E-state index in [0.29, 0.717) is 11.1 Å². The summed E-state index contributed by atoms with van der Waals surface area (Å²) >= 11 is 0. The first-order valence-corrected chi connectivity index (χ1v) is 14.0. The molecule has 2 aromatic rings. The zero-order valence-corrected chi connectivity index (χ0v) is 24.5. The van der Waals surface area contributed by atoms with Crippen molar-refractivity contribution in [3.05, 3.63) is 59.7 Å². The lowest BCUT2D eigenvalue weighted by Crippen LogP contribution is -2.58. The standard InChI is InChI=1S/C29H40N8O8/c30-20(11-12-24(31)40)25(41)36-22(14-16-3-7-18(38)8-4-16)27(43)37-23(15-17-5-9-19(39)10-6-17)26(42)35-21(28(44)45)2-1-13-34-29(32)33/h3-10,20-23,38-39H,1-2,11-15,30H2,(H2,31,40)(H,35,42)(H,36,41)(H,37,43)(H,44,45)(H4,32,33,34). The zero-order chi connectivity index (χ0) is 33.5. The Hall–Kier alpha value is -5.38. The van der Waals surface area contributed by atoms with Crippen molar-refractivity contribution in [3.8, 4) is 11.5 Å². The fourth-order valence-electron chi connectivity index (χ4n) is 4.17. The van der Waals surface area contributed by atoms with Gasteiger partial charge in [-0.1, -0.05) is 24.3 Å². The Kier molecular flexibility index (Phi) is 14.1. The molecule has 14 N–H and O–H groups in total. The van der Waals surface area contributed by atoms with Crippen molar-refractivity contribution in [1.82, 2.24) is 16.0 Å². The van der Waals surface area contributed by atoms with Gasteiger partial charge in [0.15, 0.2) is 5.96 Å². The molecule has 0 aliphatic carbocycles. The van der Waals surface area contributed by atoms with Gasteiger partial charge >= 0.3 is 5.97 Å². The van der Waals surface area contributed by atoms with Crippen LogP contribution in [0.3, 0.4) is 0 Å². The van der Waals surface area contributed by atoms with Crippen molar-refractivity contribution in [2.24, 2.45) is 27.9 Å². The molecule has 2 rings (SSSR count). The van der Waals surface area contributed by atoms with Gasteiger partial charge in [0.25, 0.3) is 0 Å². The van der Waals surface area contributed by atoms with Gasteiger partial charge in [0, 0.05) is 25.8 Å². The Morgan fingerprint density at radius 3 is 1.56 bits per heavy atom. The number of guanidine groups is 1. The molecule has 16 nitrogen and oxygen atoms in total. The highest BCUT2D eigenvalue weighted by Crippen LogP contribution is 2.14. The normalized spacial score (nSPS) is 13.4. The molecule has 0 radical (unpaired) electrons. The van der Waals surface area contributed by atoms with Crippen LogP contribution in [0.4, 0.5) is 0 Å². The van der Waals surface area contributed by atoms with Crippen LogP contribution in [0.5, 0.6) is 11.5 Å². The van der Waals surface area contributed by atoms with E-state index in [1.807, 2.05) is 0 Å². The first-order valence-electron chi connectivity index (χ1n) is 14.0. The first kappa shape index (κ1) is 35.8. The maximum Gasteiger partial charge on any atom is 0.326 e. The average Bonchev–Trinajstić information content (AvgIpc) is 2.98. The molecule has 0 spiro atoms. The highest BCUT2D eigenvalue weighted by atomic mass is 16.4. The maximum absolute atomic E-state index is 13.6. The number of carboxylic acids is 1. The molecule has 2 aromatic carbocycles. The number of aliphatic imine (C=N–C) groups is 1. The number of nitrogens with two attached hydrogens (primary N) is 4. The van der Waals surface area contributed by atoms with Gasteiger partial charge in [0.2, 0.25) is 23.6 Å². The van der Waals surface area contributed by atoms with Crippen LogP contribution in [0.15, 0.2) is 53.5 Å². The summed E-state index contributed by atoms with van der Waals surface area (Å²) in [6.07, 6.45) is -0.177. The van der Waals surface area contributed by atoms with Gasteiger partial charge in [-0.05, 0) is 54.7 Å². The predicted octanol–water partition coefficient (Wildman–Crippen LogP) is -1.93. The SMILES string of the molecule is NC(=O)CCC(N)C(=O)NC(Cc1ccc(O)cc1)C(=O)NC(Cc1ccc(O)cc1)C(=O)NC(CCCN=C(N)N)C(=O)O. The van der Waals surface area contributed by atoms with E-state index in [1.165, 1.54) is 48.5 Å². The summed E-state index contributed by atoms with van der Waals surface area (Å²) in [6, 6.07) is 6.60. The average molecular weight is 629 g/mol. The number of hydrogen-bond acceptors (Lipinski definition) is 9. The number of hydrogen-bond donors (Lipinski definition) is 10. The molecule has 16 heteroatoms. The van der Waals surface area contributed by atoms with Crippen molar-refractivity contribution in [2.75, 3.05) is 6.54 Å². The van der Waals surface area contributed by atoms with E-state index in [2.05, 4.69) is 20.9 Å². The lowest BCUT2D eigenvalue weighted by molar-refractivity contribution is -0.142. The summed E-state index contributed by atoms with van der Waals surface area (Å²) in [5.74, 6) is -4.54. The van der Waals surface area contributed by atoms with Gasteiger partial charge in [-0.15, -0.1) is 0 Å². The highest BCUT2D eigenvalue weighted by molar-refractivity contribution is 5.94. The summed E-state index contributed by atoms with van der Waals surface area (Å²) < 4.78 is 0. The van der Waals surface area contributed by atoms with Crippen LogP contribution in [-0.2, 0) is 36.8 Å². The van der Waals surface area contributed by atoms with Crippen LogP contribution in [0.2, 0.25) is 0 Å². The molecule has 0 aromatic heterocycles. The van der Waals surface area contributed by atoms with Crippen molar-refractivity contribution in [3.63, 3.8) is 0 Å². The number of rotatable bonds is 18. The molecular formula is C29H40N8O8. The van der Waals surface area contributed by atoms with E-state index in [-0.39, 0.29) is 62.5 Å². The van der Waals surface area contributed by atoms with E-state index < -0.39 is 53.8 Å². The second-order valence-corrected chi connectivity index (χ2v) is 10.3. The smallest absolute Gasteiger partial charge is 0.326 e. The van der Waals surface area contributed by atoms with E-state index in [9.17, 15) is 39.3 Å². The van der Waals surface area contributed by atoms with Gasteiger partial charge in [0.05, 0.1) is 6.04 Å². The molecular weight excluding hydrogens is 588 g/mol. The predicted molar refractivity (Wildman–Crippen MR) is 163 cm³/mol. The Morgan fingerprint density at radius 1 is 0.689 bits per heavy atom. The van der Waals surface area contributed by atoms with Gasteiger partial charge in [-0.3, -0.25) is 24.2 Å². The molecule has 244 valence electrons. The fourth-order valence-corrected chi connectivity index (χ4v) is 4.17. The summed E-state index contributed by atoms with van der Waals surface area (Å²) in [5.41, 5.74) is 22.7. The number of aliphatic carboxylic acids is 1. The topological polar surface area (TPSA) is 299 Å². The largest absolute Gasteiger partial charge is 0.508 e. The van der Waals surface area contributed by atoms with Crippen LogP contribution in [0, 0.1) is 0 Å². The molecule has 45 heavy (non-hydrogen) atoms. The third-order valence-electron chi connectivity index (χ3n) is 6.62. The van der Waals surface area contributed by atoms with Crippen molar-refractivity contribution in [2.45, 2.75) is 62.7 Å². The minimum Gasteiger partial charge on any atom is -0.508 e. The van der Waals surface area contributed by atoms with Crippen molar-refractivity contribution >= 4 is 35.6 Å². The highest BCUT2D eigenvalue weighted by Gasteiger charge is 2.31. The fraction of sp³-hybridized carbons (Fsp3) is 0.379. The van der Waals surface area contributed by atoms with Gasteiger partial charge in [-0.2, -0.15) is 0 Å². The number of primary amides is 1. The number of carboxylic acid groups (broad SMARTS) is 1. The molecule has 4 amide bonds. The van der Waals surface area contributed by atoms with Crippen LogP contribution >= 0.6 is 0 Å².